The molecule has 156 valence electrons. The van der Waals surface area contributed by atoms with E-state index in [1.54, 1.807) is 17.5 Å². The van der Waals surface area contributed by atoms with Crippen molar-refractivity contribution < 1.29 is 28.1 Å². The van der Waals surface area contributed by atoms with Gasteiger partial charge in [-0.25, -0.2) is 9.18 Å². The van der Waals surface area contributed by atoms with Gasteiger partial charge in [0.15, 0.2) is 6.61 Å². The van der Waals surface area contributed by atoms with Gasteiger partial charge in [0, 0.05) is 12.1 Å². The third kappa shape index (κ3) is 5.14. The fourth-order valence-electron chi connectivity index (χ4n) is 2.27. The first-order chi connectivity index (χ1) is 14.3. The van der Waals surface area contributed by atoms with Crippen LogP contribution < -0.4 is 11.1 Å². The molecule has 0 atom stereocenters. The molecule has 0 spiro atoms. The maximum Gasteiger partial charge on any atom is 0.437 e. The maximum atomic E-state index is 13.6. The summed E-state index contributed by atoms with van der Waals surface area (Å²) in [5.41, 5.74) is -0.829. The number of nitrogens with one attached hydrogen (secondary N) is 1. The summed E-state index contributed by atoms with van der Waals surface area (Å²) in [5.74, 6) is -3.20. The molecule has 0 fully saturated rings. The lowest BCUT2D eigenvalue weighted by atomic mass is 10.2. The van der Waals surface area contributed by atoms with E-state index in [1.165, 1.54) is 11.3 Å². The minimum Gasteiger partial charge on any atom is -0.456 e. The number of thiophene rings is 1. The first-order valence-electron chi connectivity index (χ1n) is 8.34. The van der Waals surface area contributed by atoms with Crippen LogP contribution in [0.1, 0.15) is 6.42 Å². The molecule has 0 aliphatic rings. The number of non-ortho nitro benzene ring substituents is 1. The Bertz CT molecular complexity index is 1140. The van der Waals surface area contributed by atoms with E-state index in [-0.39, 0.29) is 18.9 Å². The minimum absolute atomic E-state index is 0.127. The van der Waals surface area contributed by atoms with E-state index in [9.17, 15) is 28.9 Å². The molecule has 13 heteroatoms. The minimum atomic E-state index is -0.888. The summed E-state index contributed by atoms with van der Waals surface area (Å²) in [5, 5.41) is 18.6. The zero-order chi connectivity index (χ0) is 21.7. The Kier molecular flexibility index (Phi) is 6.32. The van der Waals surface area contributed by atoms with E-state index in [1.807, 2.05) is 0 Å². The zero-order valence-corrected chi connectivity index (χ0v) is 15.9. The lowest BCUT2D eigenvalue weighted by Gasteiger charge is -2.07. The number of nitro benzene ring substituents is 1. The number of anilines is 1. The second kappa shape index (κ2) is 9.09. The molecule has 0 aliphatic heterocycles. The van der Waals surface area contributed by atoms with Crippen LogP contribution in [0.5, 0.6) is 0 Å². The zero-order valence-electron chi connectivity index (χ0n) is 15.1. The van der Waals surface area contributed by atoms with E-state index in [2.05, 4.69) is 10.4 Å². The Labute approximate surface area is 170 Å². The summed E-state index contributed by atoms with van der Waals surface area (Å²) in [6.07, 6.45) is -0.269. The number of hydrogen-bond acceptors (Lipinski definition) is 9. The Morgan fingerprint density at radius 1 is 1.37 bits per heavy atom. The topological polar surface area (TPSA) is 147 Å². The molecule has 3 rings (SSSR count). The molecule has 1 aromatic carbocycles. The van der Waals surface area contributed by atoms with E-state index >= 15 is 0 Å². The maximum absolute atomic E-state index is 13.6. The molecule has 0 saturated heterocycles. The van der Waals surface area contributed by atoms with Crippen LogP contribution in [0.3, 0.4) is 0 Å². The number of rotatable bonds is 8. The third-order valence-corrected chi connectivity index (χ3v) is 4.52. The molecule has 1 N–H and O–H groups in total. The van der Waals surface area contributed by atoms with Gasteiger partial charge in [0.05, 0.1) is 28.5 Å². The highest BCUT2D eigenvalue weighted by molar-refractivity contribution is 7.13. The molecule has 0 radical (unpaired) electrons. The van der Waals surface area contributed by atoms with E-state index in [0.29, 0.717) is 4.88 Å². The molecule has 0 saturated carbocycles. The van der Waals surface area contributed by atoms with Gasteiger partial charge in [-0.1, -0.05) is 6.07 Å². The molecule has 0 unspecified atom stereocenters. The number of esters is 1. The summed E-state index contributed by atoms with van der Waals surface area (Å²) in [7, 11) is 0. The summed E-state index contributed by atoms with van der Waals surface area (Å²) in [4.78, 5) is 46.0. The van der Waals surface area contributed by atoms with Crippen molar-refractivity contribution in [1.82, 2.24) is 9.78 Å². The number of nitro groups is 1. The molecule has 30 heavy (non-hydrogen) atoms. The number of aryl methyl sites for hydroxylation is 1. The van der Waals surface area contributed by atoms with Crippen LogP contribution >= 0.6 is 11.3 Å². The van der Waals surface area contributed by atoms with Crippen molar-refractivity contribution >= 4 is 34.6 Å². The van der Waals surface area contributed by atoms with Crippen LogP contribution in [0.2, 0.25) is 0 Å². The number of nitrogens with zero attached hydrogens (tertiary/aromatic N) is 3. The molecule has 0 bridgehead atoms. The monoisotopic (exact) mass is 436 g/mol. The highest BCUT2D eigenvalue weighted by Crippen LogP contribution is 2.22. The predicted octanol–water partition coefficient (Wildman–Crippen LogP) is 2.18. The summed E-state index contributed by atoms with van der Waals surface area (Å²) < 4.78 is 24.4. The van der Waals surface area contributed by atoms with Crippen molar-refractivity contribution in [3.05, 3.63) is 62.2 Å². The van der Waals surface area contributed by atoms with Crippen molar-refractivity contribution in [3.63, 3.8) is 0 Å². The van der Waals surface area contributed by atoms with Crippen molar-refractivity contribution in [2.24, 2.45) is 0 Å². The van der Waals surface area contributed by atoms with Gasteiger partial charge in [0.25, 0.3) is 17.5 Å². The van der Waals surface area contributed by atoms with Crippen molar-refractivity contribution in [3.8, 4) is 10.8 Å². The van der Waals surface area contributed by atoms with E-state index < -0.39 is 46.4 Å². The van der Waals surface area contributed by atoms with Gasteiger partial charge in [-0.2, -0.15) is 4.68 Å². The summed E-state index contributed by atoms with van der Waals surface area (Å²) in [6.45, 7) is -0.872. The smallest absolute Gasteiger partial charge is 0.437 e. The average molecular weight is 436 g/mol. The molecule has 3 aromatic rings. The molecule has 2 aromatic heterocycles. The number of carbonyl (C=O) groups excluding carboxylic acids is 2. The van der Waals surface area contributed by atoms with Gasteiger partial charge in [-0.3, -0.25) is 19.7 Å². The summed E-state index contributed by atoms with van der Waals surface area (Å²) >= 11 is 1.33. The number of amides is 1. The van der Waals surface area contributed by atoms with Crippen LogP contribution in [-0.2, 0) is 20.9 Å². The highest BCUT2D eigenvalue weighted by Gasteiger charge is 2.16. The predicted molar refractivity (Wildman–Crippen MR) is 101 cm³/mol. The number of halogens is 1. The molecule has 11 nitrogen and oxygen atoms in total. The number of benzene rings is 1. The van der Waals surface area contributed by atoms with Gasteiger partial charge < -0.3 is 14.5 Å². The number of aromatic nitrogens is 2. The quantitative estimate of drug-likeness (QED) is 0.321. The van der Waals surface area contributed by atoms with Crippen LogP contribution in [0.15, 0.2) is 44.9 Å². The Hall–Kier alpha value is -3.87. The van der Waals surface area contributed by atoms with E-state index in [4.69, 9.17) is 9.15 Å². The van der Waals surface area contributed by atoms with Gasteiger partial charge in [0.2, 0.25) is 0 Å². The normalized spacial score (nSPS) is 10.6. The van der Waals surface area contributed by atoms with Gasteiger partial charge in [-0.15, -0.1) is 16.4 Å². The Balaban J connectivity index is 1.49. The van der Waals surface area contributed by atoms with Crippen LogP contribution in [-0.4, -0.2) is 33.2 Å². The molecular formula is C17H13FN4O7S. The Morgan fingerprint density at radius 3 is 2.87 bits per heavy atom. The second-order valence-electron chi connectivity index (χ2n) is 5.75. The second-order valence-corrected chi connectivity index (χ2v) is 6.70. The third-order valence-electron chi connectivity index (χ3n) is 3.67. The van der Waals surface area contributed by atoms with E-state index in [0.717, 1.165) is 22.9 Å². The van der Waals surface area contributed by atoms with Gasteiger partial charge in [-0.05, 0) is 17.5 Å². The number of carbonyl (C=O) groups is 2. The van der Waals surface area contributed by atoms with Crippen LogP contribution in [0.4, 0.5) is 15.8 Å². The lowest BCUT2D eigenvalue weighted by molar-refractivity contribution is -0.384. The largest absolute Gasteiger partial charge is 0.456 e. The lowest BCUT2D eigenvalue weighted by Crippen LogP contribution is -2.23. The molecular weight excluding hydrogens is 423 g/mol. The van der Waals surface area contributed by atoms with Crippen LogP contribution in [0, 0.1) is 15.9 Å². The number of ether oxygens (including phenoxy) is 1. The molecule has 0 aliphatic carbocycles. The summed E-state index contributed by atoms with van der Waals surface area (Å²) in [6, 6.07) is 6.11. The fourth-order valence-corrected chi connectivity index (χ4v) is 2.92. The highest BCUT2D eigenvalue weighted by atomic mass is 32.1. The van der Waals surface area contributed by atoms with Crippen LogP contribution in [0.25, 0.3) is 10.8 Å². The number of hydrogen-bond donors (Lipinski definition) is 1. The molecule has 1 amide bonds. The Morgan fingerprint density at radius 2 is 2.17 bits per heavy atom. The van der Waals surface area contributed by atoms with Gasteiger partial charge in [0.1, 0.15) is 5.82 Å². The van der Waals surface area contributed by atoms with Crippen molar-refractivity contribution in [2.45, 2.75) is 13.0 Å². The van der Waals surface area contributed by atoms with Crippen molar-refractivity contribution in [2.75, 3.05) is 11.9 Å². The first-order valence-corrected chi connectivity index (χ1v) is 9.22. The average Bonchev–Trinajstić information content (AvgIpc) is 3.36. The SMILES string of the molecule is O=C(COC(=O)CCn1nc(-c2cccs2)oc1=O)Nc1cc([N+](=O)[O-])ccc1F. The standard InChI is InChI=1S/C17H13FN4O7S/c18-11-4-3-10(22(26)27)8-12(11)19-14(23)9-28-15(24)5-6-21-17(25)29-16(20-21)13-2-1-7-30-13/h1-4,7-8H,5-6,9H2,(H,19,23). The van der Waals surface area contributed by atoms with Gasteiger partial charge >= 0.3 is 11.7 Å². The fraction of sp³-hybridized carbons (Fsp3) is 0.176. The van der Waals surface area contributed by atoms with Crippen molar-refractivity contribution in [1.29, 1.82) is 0 Å². The first kappa shape index (κ1) is 20.9. The molecule has 2 heterocycles.